The average Bonchev–Trinajstić information content (AvgIpc) is 2.12. The van der Waals surface area contributed by atoms with Gasteiger partial charge in [-0.25, -0.2) is 0 Å². The summed E-state index contributed by atoms with van der Waals surface area (Å²) in [6.07, 6.45) is 2.50. The third-order valence-electron chi connectivity index (χ3n) is 1.87. The summed E-state index contributed by atoms with van der Waals surface area (Å²) >= 11 is 0. The molecule has 0 saturated heterocycles. The minimum Gasteiger partial charge on any atom is -0.465 e. The first-order valence-electron chi connectivity index (χ1n) is 4.76. The van der Waals surface area contributed by atoms with Gasteiger partial charge in [-0.1, -0.05) is 6.92 Å². The standard InChI is InChI=1S/C9H19NO3S/c1-4-13-9(11)7-10-6-5-8(2)14(3)12/h8,10H,4-7H2,1-3H3. The summed E-state index contributed by atoms with van der Waals surface area (Å²) in [4.78, 5) is 10.9. The first-order chi connectivity index (χ1) is 6.57. The summed E-state index contributed by atoms with van der Waals surface area (Å²) in [6.45, 7) is 5.05. The van der Waals surface area contributed by atoms with Gasteiger partial charge in [-0.15, -0.1) is 0 Å². The van der Waals surface area contributed by atoms with Gasteiger partial charge in [0.25, 0.3) is 0 Å². The maximum atomic E-state index is 11.0. The fourth-order valence-electron chi connectivity index (χ4n) is 0.874. The Bertz CT molecular complexity index is 196. The Labute approximate surface area is 87.9 Å². The van der Waals surface area contributed by atoms with Crippen LogP contribution in [0.5, 0.6) is 0 Å². The minimum absolute atomic E-state index is 0.171. The number of nitrogens with one attached hydrogen (secondary N) is 1. The van der Waals surface area contributed by atoms with Gasteiger partial charge in [0.2, 0.25) is 0 Å². The number of carbonyl (C=O) groups is 1. The quantitative estimate of drug-likeness (QED) is 0.496. The highest BCUT2D eigenvalue weighted by Gasteiger charge is 2.06. The van der Waals surface area contributed by atoms with Crippen molar-refractivity contribution in [3.05, 3.63) is 0 Å². The van der Waals surface area contributed by atoms with Crippen molar-refractivity contribution in [1.29, 1.82) is 0 Å². The summed E-state index contributed by atoms with van der Waals surface area (Å²) in [5.74, 6) is -0.238. The van der Waals surface area contributed by atoms with Crippen LogP contribution >= 0.6 is 0 Å². The maximum absolute atomic E-state index is 11.0. The third-order valence-corrected chi connectivity index (χ3v) is 3.24. The molecule has 14 heavy (non-hydrogen) atoms. The molecule has 0 spiro atoms. The van der Waals surface area contributed by atoms with Crippen molar-refractivity contribution >= 4 is 16.8 Å². The van der Waals surface area contributed by atoms with Crippen molar-refractivity contribution in [3.63, 3.8) is 0 Å². The van der Waals surface area contributed by atoms with Crippen LogP contribution in [0.15, 0.2) is 0 Å². The Morgan fingerprint density at radius 2 is 2.21 bits per heavy atom. The van der Waals surface area contributed by atoms with Crippen molar-refractivity contribution in [2.24, 2.45) is 0 Å². The predicted octanol–water partition coefficient (Wildman–Crippen LogP) is 0.296. The van der Waals surface area contributed by atoms with Gasteiger partial charge in [-0.2, -0.15) is 0 Å². The molecule has 0 aliphatic carbocycles. The van der Waals surface area contributed by atoms with Crippen molar-refractivity contribution < 1.29 is 13.7 Å². The molecule has 0 radical (unpaired) electrons. The topological polar surface area (TPSA) is 55.4 Å². The number of hydrogen-bond donors (Lipinski definition) is 1. The van der Waals surface area contributed by atoms with E-state index in [2.05, 4.69) is 5.32 Å². The maximum Gasteiger partial charge on any atom is 0.319 e. The molecule has 0 bridgehead atoms. The van der Waals surface area contributed by atoms with Crippen LogP contribution in [0.2, 0.25) is 0 Å². The summed E-state index contributed by atoms with van der Waals surface area (Å²) in [7, 11) is -0.784. The van der Waals surface area contributed by atoms with Gasteiger partial charge < -0.3 is 10.1 Å². The molecule has 0 heterocycles. The Balaban J connectivity index is 3.37. The molecule has 4 nitrogen and oxygen atoms in total. The fourth-order valence-corrected chi connectivity index (χ4v) is 1.32. The molecule has 0 aliphatic heterocycles. The molecular formula is C9H19NO3S. The molecule has 0 rings (SSSR count). The molecule has 0 fully saturated rings. The first-order valence-corrected chi connectivity index (χ1v) is 6.38. The van der Waals surface area contributed by atoms with Crippen molar-refractivity contribution in [1.82, 2.24) is 5.32 Å². The van der Waals surface area contributed by atoms with E-state index in [0.717, 1.165) is 6.42 Å². The van der Waals surface area contributed by atoms with Gasteiger partial charge in [0, 0.05) is 22.3 Å². The molecule has 2 atom stereocenters. The van der Waals surface area contributed by atoms with E-state index in [0.29, 0.717) is 13.2 Å². The van der Waals surface area contributed by atoms with Crippen molar-refractivity contribution in [3.8, 4) is 0 Å². The largest absolute Gasteiger partial charge is 0.465 e. The summed E-state index contributed by atoms with van der Waals surface area (Å²) in [5, 5.41) is 3.12. The van der Waals surface area contributed by atoms with E-state index in [1.54, 1.807) is 13.2 Å². The van der Waals surface area contributed by atoms with Crippen LogP contribution in [0.4, 0.5) is 0 Å². The average molecular weight is 221 g/mol. The second-order valence-corrected chi connectivity index (χ2v) is 4.88. The highest BCUT2D eigenvalue weighted by Crippen LogP contribution is 1.96. The summed E-state index contributed by atoms with van der Waals surface area (Å²) < 4.78 is 15.7. The molecular weight excluding hydrogens is 202 g/mol. The highest BCUT2D eigenvalue weighted by molar-refractivity contribution is 7.84. The van der Waals surface area contributed by atoms with Gasteiger partial charge in [0.15, 0.2) is 0 Å². The number of esters is 1. The molecule has 84 valence electrons. The third kappa shape index (κ3) is 7.03. The zero-order valence-corrected chi connectivity index (χ0v) is 9.86. The normalized spacial score (nSPS) is 14.8. The second kappa shape index (κ2) is 7.94. The van der Waals surface area contributed by atoms with Gasteiger partial charge in [-0.05, 0) is 19.9 Å². The Morgan fingerprint density at radius 3 is 2.71 bits per heavy atom. The molecule has 2 unspecified atom stereocenters. The van der Waals surface area contributed by atoms with Gasteiger partial charge in [-0.3, -0.25) is 9.00 Å². The zero-order valence-electron chi connectivity index (χ0n) is 9.04. The smallest absolute Gasteiger partial charge is 0.319 e. The SMILES string of the molecule is CCOC(=O)CNCCC(C)S(C)=O. The molecule has 0 aliphatic rings. The number of rotatable bonds is 7. The molecule has 5 heteroatoms. The fraction of sp³-hybridized carbons (Fsp3) is 0.889. The van der Waals surface area contributed by atoms with E-state index in [-0.39, 0.29) is 17.8 Å². The predicted molar refractivity (Wildman–Crippen MR) is 57.6 cm³/mol. The molecule has 0 aromatic carbocycles. The van der Waals surface area contributed by atoms with E-state index < -0.39 is 10.8 Å². The first kappa shape index (κ1) is 13.6. The molecule has 0 amide bonds. The molecule has 0 aromatic rings. The van der Waals surface area contributed by atoms with Gasteiger partial charge in [0.05, 0.1) is 13.2 Å². The van der Waals surface area contributed by atoms with Crippen LogP contribution in [0.1, 0.15) is 20.3 Å². The van der Waals surface area contributed by atoms with Crippen LogP contribution in [0, 0.1) is 0 Å². The van der Waals surface area contributed by atoms with Crippen molar-refractivity contribution in [2.45, 2.75) is 25.5 Å². The van der Waals surface area contributed by atoms with Crippen LogP contribution in [0.25, 0.3) is 0 Å². The molecule has 0 saturated carbocycles. The Hall–Kier alpha value is -0.420. The van der Waals surface area contributed by atoms with Crippen LogP contribution in [-0.4, -0.2) is 41.4 Å². The lowest BCUT2D eigenvalue weighted by atomic mass is 10.3. The lowest BCUT2D eigenvalue weighted by Crippen LogP contribution is -2.27. The lowest BCUT2D eigenvalue weighted by Gasteiger charge is -2.08. The van der Waals surface area contributed by atoms with Crippen LogP contribution in [-0.2, 0) is 20.3 Å². The van der Waals surface area contributed by atoms with E-state index in [9.17, 15) is 9.00 Å². The second-order valence-electron chi connectivity index (χ2n) is 3.08. The summed E-state index contributed by atoms with van der Waals surface area (Å²) in [5.41, 5.74) is 0. The van der Waals surface area contributed by atoms with E-state index in [1.165, 1.54) is 0 Å². The van der Waals surface area contributed by atoms with Crippen LogP contribution < -0.4 is 5.32 Å². The van der Waals surface area contributed by atoms with E-state index >= 15 is 0 Å². The minimum atomic E-state index is -0.784. The summed E-state index contributed by atoms with van der Waals surface area (Å²) in [6, 6.07) is 0. The molecule has 0 aromatic heterocycles. The zero-order chi connectivity index (χ0) is 11.0. The molecule has 1 N–H and O–H groups in total. The Morgan fingerprint density at radius 1 is 1.57 bits per heavy atom. The number of ether oxygens (including phenoxy) is 1. The number of hydrogen-bond acceptors (Lipinski definition) is 4. The lowest BCUT2D eigenvalue weighted by molar-refractivity contribution is -0.141. The Kier molecular flexibility index (Phi) is 7.70. The number of carbonyl (C=O) groups excluding carboxylic acids is 1. The van der Waals surface area contributed by atoms with Gasteiger partial charge in [0.1, 0.15) is 0 Å². The van der Waals surface area contributed by atoms with Crippen molar-refractivity contribution in [2.75, 3.05) is 26.0 Å². The highest BCUT2D eigenvalue weighted by atomic mass is 32.2. The van der Waals surface area contributed by atoms with Gasteiger partial charge >= 0.3 is 5.97 Å². The monoisotopic (exact) mass is 221 g/mol. The van der Waals surface area contributed by atoms with E-state index in [1.807, 2.05) is 6.92 Å². The van der Waals surface area contributed by atoms with Crippen LogP contribution in [0.3, 0.4) is 0 Å². The van der Waals surface area contributed by atoms with E-state index in [4.69, 9.17) is 4.74 Å².